The molecule has 0 unspecified atom stereocenters. The third-order valence-corrected chi connectivity index (χ3v) is 3.23. The van der Waals surface area contributed by atoms with E-state index in [2.05, 4.69) is 20.5 Å². The Balaban J connectivity index is 2.20. The number of anilines is 1. The molecule has 0 saturated carbocycles. The van der Waals surface area contributed by atoms with Crippen molar-refractivity contribution < 1.29 is 23.1 Å². The monoisotopic (exact) mass is 356 g/mol. The SMILES string of the molecule is CCOC(=O)c1ncnnc1NC(=O)Cc1c(F)ccc(F)c1Cl. The van der Waals surface area contributed by atoms with Crippen LogP contribution in [0.3, 0.4) is 0 Å². The van der Waals surface area contributed by atoms with Gasteiger partial charge in [-0.2, -0.15) is 0 Å². The highest BCUT2D eigenvalue weighted by Crippen LogP contribution is 2.23. The molecule has 10 heteroatoms. The summed E-state index contributed by atoms with van der Waals surface area (Å²) >= 11 is 5.66. The molecule has 0 atom stereocenters. The summed E-state index contributed by atoms with van der Waals surface area (Å²) in [4.78, 5) is 27.4. The molecular formula is C14H11ClF2N4O3. The third kappa shape index (κ3) is 3.99. The molecule has 0 spiro atoms. The topological polar surface area (TPSA) is 94.1 Å². The van der Waals surface area contributed by atoms with E-state index in [1.165, 1.54) is 0 Å². The molecule has 0 fully saturated rings. The van der Waals surface area contributed by atoms with Gasteiger partial charge in [-0.3, -0.25) is 4.79 Å². The molecule has 2 aromatic rings. The number of amides is 1. The summed E-state index contributed by atoms with van der Waals surface area (Å²) in [6, 6.07) is 1.71. The van der Waals surface area contributed by atoms with Crippen molar-refractivity contribution >= 4 is 29.3 Å². The molecular weight excluding hydrogens is 346 g/mol. The lowest BCUT2D eigenvalue weighted by molar-refractivity contribution is -0.115. The molecule has 1 N–H and O–H groups in total. The zero-order chi connectivity index (χ0) is 17.7. The van der Waals surface area contributed by atoms with Gasteiger partial charge in [-0.25, -0.2) is 18.6 Å². The molecule has 1 aromatic heterocycles. The minimum absolute atomic E-state index is 0.0976. The molecule has 0 saturated heterocycles. The molecule has 0 radical (unpaired) electrons. The van der Waals surface area contributed by atoms with Gasteiger partial charge in [-0.05, 0) is 19.1 Å². The van der Waals surface area contributed by atoms with E-state index in [1.54, 1.807) is 6.92 Å². The van der Waals surface area contributed by atoms with Crippen LogP contribution < -0.4 is 5.32 Å². The van der Waals surface area contributed by atoms with Gasteiger partial charge < -0.3 is 10.1 Å². The van der Waals surface area contributed by atoms with Crippen LogP contribution in [0.15, 0.2) is 18.5 Å². The Morgan fingerprint density at radius 1 is 1.29 bits per heavy atom. The summed E-state index contributed by atoms with van der Waals surface area (Å²) in [5.74, 6) is -3.53. The third-order valence-electron chi connectivity index (χ3n) is 2.82. The minimum atomic E-state index is -0.853. The van der Waals surface area contributed by atoms with E-state index >= 15 is 0 Å². The number of carbonyl (C=O) groups excluding carboxylic acids is 2. The number of carbonyl (C=O) groups is 2. The Hall–Kier alpha value is -2.68. The van der Waals surface area contributed by atoms with Crippen molar-refractivity contribution in [1.82, 2.24) is 15.2 Å². The Kier molecular flexibility index (Phi) is 5.69. The smallest absolute Gasteiger partial charge is 0.360 e. The first-order valence-electron chi connectivity index (χ1n) is 6.71. The molecule has 7 nitrogen and oxygen atoms in total. The molecule has 1 heterocycles. The standard InChI is InChI=1S/C14H11ClF2N4O3/c1-2-24-14(23)12-13(21-19-6-18-12)20-10(22)5-7-8(16)3-4-9(17)11(7)15/h3-4,6H,2,5H2,1H3,(H,20,21,22). The Labute approximate surface area is 140 Å². The zero-order valence-electron chi connectivity index (χ0n) is 12.3. The summed E-state index contributed by atoms with van der Waals surface area (Å²) in [5, 5.41) is 8.79. The minimum Gasteiger partial charge on any atom is -0.461 e. The zero-order valence-corrected chi connectivity index (χ0v) is 13.1. The largest absolute Gasteiger partial charge is 0.461 e. The molecule has 126 valence electrons. The number of halogens is 3. The number of aromatic nitrogens is 3. The van der Waals surface area contributed by atoms with E-state index in [4.69, 9.17) is 16.3 Å². The molecule has 1 amide bonds. The Bertz CT molecular complexity index is 789. The lowest BCUT2D eigenvalue weighted by Gasteiger charge is -2.09. The van der Waals surface area contributed by atoms with Crippen molar-refractivity contribution in [3.63, 3.8) is 0 Å². The van der Waals surface area contributed by atoms with Gasteiger partial charge in [0.25, 0.3) is 0 Å². The van der Waals surface area contributed by atoms with Crippen molar-refractivity contribution in [3.05, 3.63) is 46.4 Å². The molecule has 0 bridgehead atoms. The first-order valence-corrected chi connectivity index (χ1v) is 7.08. The van der Waals surface area contributed by atoms with Crippen LogP contribution in [0.1, 0.15) is 23.0 Å². The lowest BCUT2D eigenvalue weighted by atomic mass is 10.1. The average Bonchev–Trinajstić information content (AvgIpc) is 2.56. The second kappa shape index (κ2) is 7.73. The van der Waals surface area contributed by atoms with E-state index in [9.17, 15) is 18.4 Å². The number of hydrogen-bond donors (Lipinski definition) is 1. The summed E-state index contributed by atoms with van der Waals surface area (Å²) in [6.07, 6.45) is 0.437. The van der Waals surface area contributed by atoms with Gasteiger partial charge in [0.15, 0.2) is 11.5 Å². The second-order valence-corrected chi connectivity index (χ2v) is 4.80. The normalized spacial score (nSPS) is 10.3. The number of esters is 1. The van der Waals surface area contributed by atoms with Crippen LogP contribution in [0.2, 0.25) is 5.02 Å². The molecule has 24 heavy (non-hydrogen) atoms. The van der Waals surface area contributed by atoms with E-state index < -0.39 is 35.0 Å². The van der Waals surface area contributed by atoms with E-state index in [-0.39, 0.29) is 23.7 Å². The number of nitrogens with zero attached hydrogens (tertiary/aromatic N) is 3. The van der Waals surface area contributed by atoms with Gasteiger partial charge in [-0.15, -0.1) is 10.2 Å². The van der Waals surface area contributed by atoms with Gasteiger partial charge in [0.05, 0.1) is 18.1 Å². The summed E-state index contributed by atoms with van der Waals surface area (Å²) in [5.41, 5.74) is -0.574. The molecule has 0 aliphatic rings. The summed E-state index contributed by atoms with van der Waals surface area (Å²) < 4.78 is 31.8. The van der Waals surface area contributed by atoms with Crippen molar-refractivity contribution in [2.75, 3.05) is 11.9 Å². The Morgan fingerprint density at radius 3 is 2.71 bits per heavy atom. The highest BCUT2D eigenvalue weighted by Gasteiger charge is 2.20. The Morgan fingerprint density at radius 2 is 2.00 bits per heavy atom. The van der Waals surface area contributed by atoms with Gasteiger partial charge in [0.1, 0.15) is 18.0 Å². The van der Waals surface area contributed by atoms with Crippen LogP contribution >= 0.6 is 11.6 Å². The predicted molar refractivity (Wildman–Crippen MR) is 79.5 cm³/mol. The quantitative estimate of drug-likeness (QED) is 0.651. The number of ether oxygens (including phenoxy) is 1. The predicted octanol–water partition coefficient (Wildman–Crippen LogP) is 2.16. The first kappa shape index (κ1) is 17.7. The second-order valence-electron chi connectivity index (χ2n) is 4.42. The van der Waals surface area contributed by atoms with Gasteiger partial charge in [-0.1, -0.05) is 11.6 Å². The van der Waals surface area contributed by atoms with Crippen molar-refractivity contribution in [2.45, 2.75) is 13.3 Å². The molecule has 2 rings (SSSR count). The van der Waals surface area contributed by atoms with Crippen LogP contribution in [0, 0.1) is 11.6 Å². The average molecular weight is 357 g/mol. The van der Waals surface area contributed by atoms with E-state index in [0.717, 1.165) is 18.5 Å². The van der Waals surface area contributed by atoms with Crippen molar-refractivity contribution in [3.8, 4) is 0 Å². The van der Waals surface area contributed by atoms with Gasteiger partial charge in [0, 0.05) is 5.56 Å². The fraction of sp³-hybridized carbons (Fsp3) is 0.214. The maximum absolute atomic E-state index is 13.7. The maximum atomic E-state index is 13.7. The highest BCUT2D eigenvalue weighted by molar-refractivity contribution is 6.31. The van der Waals surface area contributed by atoms with Crippen LogP contribution in [-0.2, 0) is 16.0 Å². The number of benzene rings is 1. The van der Waals surface area contributed by atoms with Crippen molar-refractivity contribution in [2.24, 2.45) is 0 Å². The van der Waals surface area contributed by atoms with Crippen LogP contribution in [0.25, 0.3) is 0 Å². The number of nitrogens with one attached hydrogen (secondary N) is 1. The lowest BCUT2D eigenvalue weighted by Crippen LogP contribution is -2.21. The van der Waals surface area contributed by atoms with Gasteiger partial charge >= 0.3 is 5.97 Å². The summed E-state index contributed by atoms with van der Waals surface area (Å²) in [7, 11) is 0. The van der Waals surface area contributed by atoms with E-state index in [1.807, 2.05) is 0 Å². The van der Waals surface area contributed by atoms with E-state index in [0.29, 0.717) is 0 Å². The first-order chi connectivity index (χ1) is 11.4. The molecule has 0 aliphatic heterocycles. The maximum Gasteiger partial charge on any atom is 0.360 e. The van der Waals surface area contributed by atoms with Crippen LogP contribution in [-0.4, -0.2) is 33.7 Å². The molecule has 0 aliphatic carbocycles. The highest BCUT2D eigenvalue weighted by atomic mass is 35.5. The van der Waals surface area contributed by atoms with Crippen LogP contribution in [0.4, 0.5) is 14.6 Å². The molecule has 1 aromatic carbocycles. The van der Waals surface area contributed by atoms with Crippen LogP contribution in [0.5, 0.6) is 0 Å². The summed E-state index contributed by atoms with van der Waals surface area (Å²) in [6.45, 7) is 1.69. The fourth-order valence-corrected chi connectivity index (χ4v) is 2.00. The number of hydrogen-bond acceptors (Lipinski definition) is 6. The fourth-order valence-electron chi connectivity index (χ4n) is 1.78. The van der Waals surface area contributed by atoms with Crippen molar-refractivity contribution in [1.29, 1.82) is 0 Å². The number of rotatable bonds is 5. The van der Waals surface area contributed by atoms with Gasteiger partial charge in [0.2, 0.25) is 5.91 Å².